The molecule has 5 heteroatoms. The standard InChI is InChI=1S/C10H10N2O3/c11-6-7-1-2-9(8(12)5-7)15-4-3-10(13)14/h1-2,5H,3-4,12H2,(H,13,14). The molecule has 0 fully saturated rings. The van der Waals surface area contributed by atoms with Crippen LogP contribution >= 0.6 is 0 Å². The van der Waals surface area contributed by atoms with Crippen LogP contribution in [0.5, 0.6) is 5.75 Å². The third kappa shape index (κ3) is 3.19. The molecule has 1 rings (SSSR count). The Kier molecular flexibility index (Phi) is 3.52. The first-order valence-corrected chi connectivity index (χ1v) is 4.27. The summed E-state index contributed by atoms with van der Waals surface area (Å²) in [7, 11) is 0. The Hall–Kier alpha value is -2.22. The summed E-state index contributed by atoms with van der Waals surface area (Å²) in [6, 6.07) is 6.54. The van der Waals surface area contributed by atoms with E-state index in [0.717, 1.165) is 0 Å². The van der Waals surface area contributed by atoms with Gasteiger partial charge < -0.3 is 15.6 Å². The van der Waals surface area contributed by atoms with E-state index in [1.54, 1.807) is 12.1 Å². The van der Waals surface area contributed by atoms with Crippen molar-refractivity contribution in [2.75, 3.05) is 12.3 Å². The van der Waals surface area contributed by atoms with Crippen LogP contribution in [0.25, 0.3) is 0 Å². The molecule has 0 saturated heterocycles. The molecular formula is C10H10N2O3. The zero-order valence-electron chi connectivity index (χ0n) is 7.93. The number of nitrogen functional groups attached to an aromatic ring is 1. The van der Waals surface area contributed by atoms with Crippen LogP contribution in [0, 0.1) is 11.3 Å². The lowest BCUT2D eigenvalue weighted by molar-refractivity contribution is -0.137. The number of hydrogen-bond acceptors (Lipinski definition) is 4. The molecular weight excluding hydrogens is 196 g/mol. The van der Waals surface area contributed by atoms with Gasteiger partial charge in [-0.3, -0.25) is 4.79 Å². The van der Waals surface area contributed by atoms with Crippen LogP contribution < -0.4 is 10.5 Å². The molecule has 0 heterocycles. The van der Waals surface area contributed by atoms with Gasteiger partial charge in [0.2, 0.25) is 0 Å². The third-order valence-electron chi connectivity index (χ3n) is 1.71. The maximum absolute atomic E-state index is 10.2. The van der Waals surface area contributed by atoms with Gasteiger partial charge in [0.05, 0.1) is 30.3 Å². The highest BCUT2D eigenvalue weighted by atomic mass is 16.5. The molecule has 0 aromatic heterocycles. The Morgan fingerprint density at radius 2 is 2.33 bits per heavy atom. The number of ether oxygens (including phenoxy) is 1. The number of nitriles is 1. The van der Waals surface area contributed by atoms with Crippen LogP contribution in [0.4, 0.5) is 5.69 Å². The van der Waals surface area contributed by atoms with Crippen LogP contribution in [0.2, 0.25) is 0 Å². The van der Waals surface area contributed by atoms with Crippen LogP contribution in [0.1, 0.15) is 12.0 Å². The Balaban J connectivity index is 2.63. The lowest BCUT2D eigenvalue weighted by Gasteiger charge is -2.07. The van der Waals surface area contributed by atoms with Crippen molar-refractivity contribution < 1.29 is 14.6 Å². The van der Waals surface area contributed by atoms with Gasteiger partial charge in [0, 0.05) is 0 Å². The van der Waals surface area contributed by atoms with Crippen molar-refractivity contribution in [2.24, 2.45) is 0 Å². The van der Waals surface area contributed by atoms with Crippen molar-refractivity contribution in [3.05, 3.63) is 23.8 Å². The number of nitrogens with zero attached hydrogens (tertiary/aromatic N) is 1. The SMILES string of the molecule is N#Cc1ccc(OCCC(=O)O)c(N)c1. The number of carboxylic acids is 1. The maximum Gasteiger partial charge on any atom is 0.306 e. The molecule has 15 heavy (non-hydrogen) atoms. The summed E-state index contributed by atoms with van der Waals surface area (Å²) in [5.74, 6) is -0.530. The fourth-order valence-electron chi connectivity index (χ4n) is 0.998. The molecule has 0 saturated carbocycles. The Labute approximate surface area is 86.7 Å². The van der Waals surface area contributed by atoms with Gasteiger partial charge in [-0.15, -0.1) is 0 Å². The molecule has 1 aromatic rings. The molecule has 3 N–H and O–H groups in total. The summed E-state index contributed by atoms with van der Waals surface area (Å²) in [6.45, 7) is 0.0609. The fourth-order valence-corrected chi connectivity index (χ4v) is 0.998. The number of carboxylic acid groups (broad SMARTS) is 1. The second-order valence-electron chi connectivity index (χ2n) is 2.86. The van der Waals surface area contributed by atoms with E-state index >= 15 is 0 Å². The summed E-state index contributed by atoms with van der Waals surface area (Å²) in [5, 5.41) is 17.0. The minimum atomic E-state index is -0.929. The van der Waals surface area contributed by atoms with Crippen molar-refractivity contribution in [3.63, 3.8) is 0 Å². The normalized spacial score (nSPS) is 9.27. The average molecular weight is 206 g/mol. The lowest BCUT2D eigenvalue weighted by atomic mass is 10.2. The predicted molar refractivity (Wildman–Crippen MR) is 53.3 cm³/mol. The van der Waals surface area contributed by atoms with E-state index in [4.69, 9.17) is 20.8 Å². The smallest absolute Gasteiger partial charge is 0.306 e. The first-order chi connectivity index (χ1) is 7.13. The Morgan fingerprint density at radius 1 is 1.60 bits per heavy atom. The van der Waals surface area contributed by atoms with Gasteiger partial charge in [-0.25, -0.2) is 0 Å². The molecule has 0 spiro atoms. The highest BCUT2D eigenvalue weighted by molar-refractivity contribution is 5.66. The largest absolute Gasteiger partial charge is 0.491 e. The van der Waals surface area contributed by atoms with E-state index in [-0.39, 0.29) is 13.0 Å². The number of benzene rings is 1. The molecule has 0 atom stereocenters. The second kappa shape index (κ2) is 4.86. The Bertz CT molecular complexity index is 410. The van der Waals surface area contributed by atoms with Crippen molar-refractivity contribution in [1.29, 1.82) is 5.26 Å². The monoisotopic (exact) mass is 206 g/mol. The van der Waals surface area contributed by atoms with Crippen molar-refractivity contribution in [3.8, 4) is 11.8 Å². The van der Waals surface area contributed by atoms with Gasteiger partial charge in [0.15, 0.2) is 0 Å². The quantitative estimate of drug-likeness (QED) is 0.716. The minimum absolute atomic E-state index is 0.0609. The molecule has 0 radical (unpaired) electrons. The minimum Gasteiger partial charge on any atom is -0.491 e. The molecule has 1 aromatic carbocycles. The van der Waals surface area contributed by atoms with Crippen LogP contribution in [0.15, 0.2) is 18.2 Å². The van der Waals surface area contributed by atoms with Crippen LogP contribution in [-0.4, -0.2) is 17.7 Å². The zero-order chi connectivity index (χ0) is 11.3. The van der Waals surface area contributed by atoms with Crippen LogP contribution in [-0.2, 0) is 4.79 Å². The number of carbonyl (C=O) groups is 1. The first-order valence-electron chi connectivity index (χ1n) is 4.27. The summed E-state index contributed by atoms with van der Waals surface area (Å²) in [6.07, 6.45) is -0.0839. The number of nitrogens with two attached hydrogens (primary N) is 1. The zero-order valence-corrected chi connectivity index (χ0v) is 7.93. The molecule has 5 nitrogen and oxygen atoms in total. The topological polar surface area (TPSA) is 96.3 Å². The number of aliphatic carboxylic acids is 1. The van der Waals surface area contributed by atoms with E-state index < -0.39 is 5.97 Å². The lowest BCUT2D eigenvalue weighted by Crippen LogP contribution is -2.06. The summed E-state index contributed by atoms with van der Waals surface area (Å²) in [5.41, 5.74) is 6.37. The van der Waals surface area contributed by atoms with E-state index in [9.17, 15) is 4.79 Å². The highest BCUT2D eigenvalue weighted by Gasteiger charge is 2.03. The van der Waals surface area contributed by atoms with E-state index in [2.05, 4.69) is 0 Å². The van der Waals surface area contributed by atoms with Gasteiger partial charge in [-0.2, -0.15) is 5.26 Å². The number of anilines is 1. The molecule has 0 bridgehead atoms. The van der Waals surface area contributed by atoms with E-state index in [1.807, 2.05) is 6.07 Å². The van der Waals surface area contributed by atoms with Gasteiger partial charge >= 0.3 is 5.97 Å². The molecule has 0 unspecified atom stereocenters. The summed E-state index contributed by atoms with van der Waals surface area (Å²) in [4.78, 5) is 10.2. The molecule has 0 aliphatic heterocycles. The van der Waals surface area contributed by atoms with E-state index in [0.29, 0.717) is 17.0 Å². The van der Waals surface area contributed by atoms with Crippen molar-refractivity contribution >= 4 is 11.7 Å². The van der Waals surface area contributed by atoms with E-state index in [1.165, 1.54) is 6.07 Å². The fraction of sp³-hybridized carbons (Fsp3) is 0.200. The molecule has 0 amide bonds. The van der Waals surface area contributed by atoms with Crippen LogP contribution in [0.3, 0.4) is 0 Å². The second-order valence-corrected chi connectivity index (χ2v) is 2.86. The first kappa shape index (κ1) is 10.9. The van der Waals surface area contributed by atoms with Crippen molar-refractivity contribution in [1.82, 2.24) is 0 Å². The summed E-state index contributed by atoms with van der Waals surface area (Å²) >= 11 is 0. The van der Waals surface area contributed by atoms with Gasteiger partial charge in [-0.1, -0.05) is 0 Å². The van der Waals surface area contributed by atoms with Crippen molar-refractivity contribution in [2.45, 2.75) is 6.42 Å². The number of rotatable bonds is 4. The maximum atomic E-state index is 10.2. The summed E-state index contributed by atoms with van der Waals surface area (Å²) < 4.78 is 5.13. The molecule has 78 valence electrons. The average Bonchev–Trinajstić information content (AvgIpc) is 2.20. The predicted octanol–water partition coefficient (Wildman–Crippen LogP) is 0.994. The molecule has 0 aliphatic carbocycles. The third-order valence-corrected chi connectivity index (χ3v) is 1.71. The van der Waals surface area contributed by atoms with Gasteiger partial charge in [0.25, 0.3) is 0 Å². The van der Waals surface area contributed by atoms with Gasteiger partial charge in [-0.05, 0) is 18.2 Å². The number of hydrogen-bond donors (Lipinski definition) is 2. The van der Waals surface area contributed by atoms with Gasteiger partial charge in [0.1, 0.15) is 5.75 Å². The Morgan fingerprint density at radius 3 is 2.87 bits per heavy atom. The molecule has 0 aliphatic rings. The highest BCUT2D eigenvalue weighted by Crippen LogP contribution is 2.22.